The van der Waals surface area contributed by atoms with E-state index in [-0.39, 0.29) is 13.6 Å². The number of aromatic nitrogens is 3. The Morgan fingerprint density at radius 2 is 2.00 bits per heavy atom. The molecular formula is C20H18Cl2FN5O3S2. The lowest BCUT2D eigenvalue weighted by Crippen LogP contribution is -2.39. The summed E-state index contributed by atoms with van der Waals surface area (Å²) in [4.78, 5) is 12.1. The molecular weight excluding hydrogens is 512 g/mol. The highest BCUT2D eigenvalue weighted by Crippen LogP contribution is 2.34. The van der Waals surface area contributed by atoms with Gasteiger partial charge in [0, 0.05) is 18.5 Å². The summed E-state index contributed by atoms with van der Waals surface area (Å²) in [5.74, 6) is -0.581. The molecule has 0 bridgehead atoms. The van der Waals surface area contributed by atoms with Crippen molar-refractivity contribution in [3.05, 3.63) is 68.5 Å². The lowest BCUT2D eigenvalue weighted by atomic mass is 9.97. The number of nitrogens with zero attached hydrogens (tertiary/aromatic N) is 3. The fourth-order valence-corrected chi connectivity index (χ4v) is 6.27. The van der Waals surface area contributed by atoms with Gasteiger partial charge >= 0.3 is 6.03 Å². The first kappa shape index (κ1) is 23.7. The van der Waals surface area contributed by atoms with Gasteiger partial charge in [-0.1, -0.05) is 58.7 Å². The van der Waals surface area contributed by atoms with Gasteiger partial charge in [0.25, 0.3) is 10.0 Å². The molecule has 0 radical (unpaired) electrons. The zero-order valence-corrected chi connectivity index (χ0v) is 20.2. The predicted molar refractivity (Wildman–Crippen MR) is 125 cm³/mol. The number of carbonyl (C=O) groups excluding carboxylic acids is 1. The fourth-order valence-electron chi connectivity index (χ4n) is 3.46. The van der Waals surface area contributed by atoms with Gasteiger partial charge in [-0.25, -0.2) is 27.0 Å². The molecule has 8 nitrogen and oxygen atoms in total. The molecule has 3 heterocycles. The van der Waals surface area contributed by atoms with Crippen molar-refractivity contribution in [3.63, 3.8) is 0 Å². The predicted octanol–water partition coefficient (Wildman–Crippen LogP) is 4.40. The molecule has 0 fully saturated rings. The number of aryl methyl sites for hydroxylation is 1. The highest BCUT2D eigenvalue weighted by Gasteiger charge is 2.26. The van der Waals surface area contributed by atoms with E-state index in [1.54, 1.807) is 4.68 Å². The molecule has 0 saturated carbocycles. The van der Waals surface area contributed by atoms with Crippen LogP contribution in [0.3, 0.4) is 0 Å². The van der Waals surface area contributed by atoms with E-state index in [0.29, 0.717) is 54.1 Å². The summed E-state index contributed by atoms with van der Waals surface area (Å²) in [7, 11) is -4.19. The molecule has 0 unspecified atom stereocenters. The van der Waals surface area contributed by atoms with Crippen molar-refractivity contribution in [2.24, 2.45) is 0 Å². The minimum atomic E-state index is -4.19. The molecule has 2 amide bonds. The first-order valence-corrected chi connectivity index (χ1v) is 12.9. The van der Waals surface area contributed by atoms with E-state index >= 15 is 4.39 Å². The van der Waals surface area contributed by atoms with Crippen molar-refractivity contribution < 1.29 is 17.6 Å². The SMILES string of the molecule is O=C(NC/C(F)=C1/CCCn2nnc(Cc3ccccc3)c21)NS(=O)(=O)c1cc(Cl)c(Cl)s1. The summed E-state index contributed by atoms with van der Waals surface area (Å²) in [6.45, 7) is 0.130. The molecule has 0 aliphatic carbocycles. The number of hydrogen-bond acceptors (Lipinski definition) is 6. The van der Waals surface area contributed by atoms with Crippen LogP contribution < -0.4 is 10.0 Å². The van der Waals surface area contributed by atoms with Crippen molar-refractivity contribution in [1.29, 1.82) is 0 Å². The Kier molecular flexibility index (Phi) is 7.03. The van der Waals surface area contributed by atoms with E-state index in [2.05, 4.69) is 15.6 Å². The Morgan fingerprint density at radius 3 is 2.70 bits per heavy atom. The average Bonchev–Trinajstić information content (AvgIpc) is 3.36. The van der Waals surface area contributed by atoms with Crippen LogP contribution in [0.4, 0.5) is 9.18 Å². The van der Waals surface area contributed by atoms with Crippen molar-refractivity contribution in [3.8, 4) is 0 Å². The third kappa shape index (κ3) is 5.37. The van der Waals surface area contributed by atoms with E-state index in [4.69, 9.17) is 23.2 Å². The lowest BCUT2D eigenvalue weighted by molar-refractivity contribution is 0.246. The fraction of sp³-hybridized carbons (Fsp3) is 0.250. The van der Waals surface area contributed by atoms with Gasteiger partial charge in [0.05, 0.1) is 23.0 Å². The lowest BCUT2D eigenvalue weighted by Gasteiger charge is -2.18. The molecule has 0 spiro atoms. The Morgan fingerprint density at radius 1 is 1.24 bits per heavy atom. The number of thiophene rings is 1. The van der Waals surface area contributed by atoms with E-state index in [1.807, 2.05) is 35.1 Å². The first-order chi connectivity index (χ1) is 15.7. The quantitative estimate of drug-likeness (QED) is 0.492. The third-order valence-corrected chi connectivity index (χ3v) is 8.62. The van der Waals surface area contributed by atoms with Gasteiger partial charge < -0.3 is 5.32 Å². The minimum absolute atomic E-state index is 0.0621. The minimum Gasteiger partial charge on any atom is -0.331 e. The van der Waals surface area contributed by atoms with Crippen molar-refractivity contribution in [2.45, 2.75) is 30.0 Å². The second-order valence-electron chi connectivity index (χ2n) is 7.23. The molecule has 0 saturated heterocycles. The van der Waals surface area contributed by atoms with Crippen LogP contribution in [0.25, 0.3) is 5.57 Å². The number of amides is 2. The van der Waals surface area contributed by atoms with Gasteiger partial charge in [-0.05, 0) is 24.5 Å². The topological polar surface area (TPSA) is 106 Å². The average molecular weight is 530 g/mol. The standard InChI is InChI=1S/C20H18Cl2FN5O3S2/c21-14-10-17(32-19(14)22)33(30,31)26-20(29)24-11-15(23)13-7-4-8-28-18(13)16(25-27-28)9-12-5-2-1-3-6-12/h1-3,5-6,10H,4,7-9,11H2,(H2,24,26,29)/b15-13+. The molecule has 0 atom stereocenters. The van der Waals surface area contributed by atoms with Crippen molar-refractivity contribution >= 4 is 56.2 Å². The number of urea groups is 1. The van der Waals surface area contributed by atoms with Crippen LogP contribution >= 0.6 is 34.5 Å². The third-order valence-electron chi connectivity index (χ3n) is 4.95. The number of carbonyl (C=O) groups is 1. The molecule has 2 N–H and O–H groups in total. The molecule has 4 rings (SSSR count). The summed E-state index contributed by atoms with van der Waals surface area (Å²) < 4.78 is 43.1. The molecule has 1 aromatic carbocycles. The van der Waals surface area contributed by atoms with Crippen LogP contribution in [0.1, 0.15) is 29.8 Å². The maximum atomic E-state index is 15.1. The van der Waals surface area contributed by atoms with Crippen LogP contribution in [0.15, 0.2) is 46.4 Å². The summed E-state index contributed by atoms with van der Waals surface area (Å²) in [6, 6.07) is 9.71. The smallest absolute Gasteiger partial charge is 0.329 e. The van der Waals surface area contributed by atoms with Gasteiger partial charge in [-0.3, -0.25) is 0 Å². The Labute approximate surface area is 203 Å². The molecule has 174 valence electrons. The van der Waals surface area contributed by atoms with Gasteiger partial charge in [-0.15, -0.1) is 16.4 Å². The van der Waals surface area contributed by atoms with E-state index < -0.39 is 28.4 Å². The molecule has 3 aromatic rings. The zero-order chi connectivity index (χ0) is 23.6. The Bertz CT molecular complexity index is 1300. The summed E-state index contributed by atoms with van der Waals surface area (Å²) >= 11 is 12.3. The molecule has 2 aromatic heterocycles. The summed E-state index contributed by atoms with van der Waals surface area (Å²) in [5.41, 5.74) is 2.66. The normalized spacial score (nSPS) is 15.1. The van der Waals surface area contributed by atoms with Crippen LogP contribution in [-0.2, 0) is 23.0 Å². The zero-order valence-electron chi connectivity index (χ0n) is 17.0. The van der Waals surface area contributed by atoms with Crippen LogP contribution in [0.5, 0.6) is 0 Å². The molecule has 13 heteroatoms. The largest absolute Gasteiger partial charge is 0.331 e. The first-order valence-electron chi connectivity index (χ1n) is 9.84. The highest BCUT2D eigenvalue weighted by atomic mass is 35.5. The maximum absolute atomic E-state index is 15.1. The van der Waals surface area contributed by atoms with Crippen LogP contribution in [0, 0.1) is 0 Å². The van der Waals surface area contributed by atoms with E-state index in [0.717, 1.165) is 11.6 Å². The van der Waals surface area contributed by atoms with Crippen molar-refractivity contribution in [1.82, 2.24) is 25.0 Å². The second kappa shape index (κ2) is 9.80. The van der Waals surface area contributed by atoms with Gasteiger partial charge in [0.2, 0.25) is 0 Å². The number of halogens is 3. The van der Waals surface area contributed by atoms with Crippen molar-refractivity contribution in [2.75, 3.05) is 6.54 Å². The summed E-state index contributed by atoms with van der Waals surface area (Å²) in [6.07, 6.45) is 1.62. The number of rotatable bonds is 6. The number of allylic oxidation sites excluding steroid dienone is 1. The van der Waals surface area contributed by atoms with Gasteiger partial charge in [-0.2, -0.15) is 0 Å². The summed E-state index contributed by atoms with van der Waals surface area (Å²) in [5, 5.41) is 10.7. The molecule has 33 heavy (non-hydrogen) atoms. The maximum Gasteiger partial charge on any atom is 0.329 e. The second-order valence-corrected chi connectivity index (χ2v) is 11.2. The van der Waals surface area contributed by atoms with Crippen LogP contribution in [-0.4, -0.2) is 36.0 Å². The van der Waals surface area contributed by atoms with E-state index in [1.165, 1.54) is 0 Å². The number of sulfonamides is 1. The van der Waals surface area contributed by atoms with Crippen LogP contribution in [0.2, 0.25) is 9.36 Å². The van der Waals surface area contributed by atoms with Gasteiger partial charge in [0.15, 0.2) is 0 Å². The molecule has 1 aliphatic heterocycles. The Balaban J connectivity index is 1.48. The number of fused-ring (bicyclic) bond motifs is 1. The number of hydrogen-bond donors (Lipinski definition) is 2. The molecule has 1 aliphatic rings. The Hall–Kier alpha value is -2.47. The number of benzene rings is 1. The number of nitrogens with one attached hydrogen (secondary N) is 2. The monoisotopic (exact) mass is 529 g/mol. The van der Waals surface area contributed by atoms with Gasteiger partial charge in [0.1, 0.15) is 14.4 Å². The highest BCUT2D eigenvalue weighted by molar-refractivity contribution is 7.92. The van der Waals surface area contributed by atoms with E-state index in [9.17, 15) is 13.2 Å².